The molecule has 2 aliphatic rings. The van der Waals surface area contributed by atoms with Crippen molar-refractivity contribution < 1.29 is 86.3 Å². The van der Waals surface area contributed by atoms with E-state index in [1.807, 2.05) is 55.4 Å². The summed E-state index contributed by atoms with van der Waals surface area (Å²) < 4.78 is 40.4. The lowest BCUT2D eigenvalue weighted by molar-refractivity contribution is -0.161. The molecule has 29 heteroatoms. The molecule has 8 atom stereocenters. The molecule has 0 radical (unpaired) electrons. The van der Waals surface area contributed by atoms with Crippen LogP contribution in [0.5, 0.6) is 0 Å². The topological polar surface area (TPSA) is 400 Å². The van der Waals surface area contributed by atoms with Crippen LogP contribution in [0.25, 0.3) is 0 Å². The van der Waals surface area contributed by atoms with Crippen molar-refractivity contribution in [3.05, 3.63) is 0 Å². The van der Waals surface area contributed by atoms with Crippen LogP contribution in [0.2, 0.25) is 19.0 Å². The predicted octanol–water partition coefficient (Wildman–Crippen LogP) is 3.36. The van der Waals surface area contributed by atoms with Crippen molar-refractivity contribution in [2.24, 2.45) is 35.0 Å². The van der Waals surface area contributed by atoms with Gasteiger partial charge in [-0.2, -0.15) is 0 Å². The molecule has 2 heterocycles. The van der Waals surface area contributed by atoms with Crippen molar-refractivity contribution in [2.75, 3.05) is 19.6 Å². The molecule has 14 N–H and O–H groups in total. The lowest BCUT2D eigenvalue weighted by Gasteiger charge is -2.32. The summed E-state index contributed by atoms with van der Waals surface area (Å²) in [5.74, 6) is -4.93. The smallest absolute Gasteiger partial charge is 0.457 e. The number of esters is 2. The molecule has 2 saturated heterocycles. The SMILES string of the molecule is CC(=O)N[C@H](C(=O)OC(C)(C)C)[C@@H](CCCB1OC(C)(C)C(C)(C)O1)CNC(=O)[C@H](C)NC(=O)OC(C)(C)C.CC(=O)N[C@H](C(=O)OC(C)(C)C)[C@H](CN)CCCB1OC(C)(C)C(C)(C)O1.C[C@H](N)C(=O)NC[C@H](CCCB(O)O)[C@H](N)C(=O)O. The first-order chi connectivity index (χ1) is 38.5. The molecule has 26 nitrogen and oxygen atoms in total. The van der Waals surface area contributed by atoms with Crippen LogP contribution < -0.4 is 43.8 Å². The van der Waals surface area contributed by atoms with Gasteiger partial charge in [-0.25, -0.2) is 14.4 Å². The molecule has 85 heavy (non-hydrogen) atoms. The van der Waals surface area contributed by atoms with Gasteiger partial charge in [0.2, 0.25) is 23.6 Å². The third-order valence-corrected chi connectivity index (χ3v) is 14.4. The Morgan fingerprint density at radius 3 is 1.25 bits per heavy atom. The molecular weight excluding hydrogens is 1110 g/mol. The monoisotopic (exact) mass is 1210 g/mol. The largest absolute Gasteiger partial charge is 0.480 e. The number of hydrogen-bond acceptors (Lipinski definition) is 20. The summed E-state index contributed by atoms with van der Waals surface area (Å²) in [7, 11) is -2.13. The molecule has 0 aliphatic carbocycles. The van der Waals surface area contributed by atoms with Gasteiger partial charge in [0.1, 0.15) is 41.0 Å². The summed E-state index contributed by atoms with van der Waals surface area (Å²) in [5.41, 5.74) is 13.1. The molecule has 0 spiro atoms. The van der Waals surface area contributed by atoms with Crippen LogP contribution in [0.3, 0.4) is 0 Å². The third kappa shape index (κ3) is 31.7. The summed E-state index contributed by atoms with van der Waals surface area (Å²) in [4.78, 5) is 96.3. The van der Waals surface area contributed by atoms with E-state index in [9.17, 15) is 38.4 Å². The van der Waals surface area contributed by atoms with Crippen LogP contribution in [0.1, 0.15) is 184 Å². The van der Waals surface area contributed by atoms with E-state index in [1.165, 1.54) is 27.7 Å². The van der Waals surface area contributed by atoms with E-state index in [1.54, 1.807) is 62.3 Å². The second kappa shape index (κ2) is 34.8. The molecular formula is C56H109B3N8O18. The van der Waals surface area contributed by atoms with Crippen molar-refractivity contribution >= 4 is 69.0 Å². The fraction of sp³-hybridized carbons (Fsp3) is 0.857. The van der Waals surface area contributed by atoms with E-state index in [-0.39, 0.29) is 62.0 Å². The van der Waals surface area contributed by atoms with Gasteiger partial charge in [-0.15, -0.1) is 0 Å². The summed E-state index contributed by atoms with van der Waals surface area (Å²) in [6.07, 6.45) is 3.92. The summed E-state index contributed by atoms with van der Waals surface area (Å²) in [5, 5.41) is 39.6. The number of carbonyl (C=O) groups excluding carboxylic acids is 7. The van der Waals surface area contributed by atoms with Crippen LogP contribution >= 0.6 is 0 Å². The molecule has 0 aromatic heterocycles. The normalized spacial score (nSPS) is 18.8. The zero-order valence-electron chi connectivity index (χ0n) is 55.0. The van der Waals surface area contributed by atoms with E-state index in [0.29, 0.717) is 44.7 Å². The summed E-state index contributed by atoms with van der Waals surface area (Å²) >= 11 is 0. The Bertz CT molecular complexity index is 2120. The van der Waals surface area contributed by atoms with Gasteiger partial charge in [0, 0.05) is 44.7 Å². The van der Waals surface area contributed by atoms with E-state index >= 15 is 0 Å². The fourth-order valence-electron chi connectivity index (χ4n) is 8.47. The first-order valence-corrected chi connectivity index (χ1v) is 29.5. The van der Waals surface area contributed by atoms with Gasteiger partial charge in [-0.3, -0.25) is 24.0 Å². The summed E-state index contributed by atoms with van der Waals surface area (Å²) in [6, 6.07) is -4.43. The number of alkyl carbamates (subject to hydrolysis) is 1. The van der Waals surface area contributed by atoms with Crippen molar-refractivity contribution in [2.45, 2.75) is 272 Å². The maximum Gasteiger partial charge on any atom is 0.457 e. The highest BCUT2D eigenvalue weighted by Gasteiger charge is 2.52. The van der Waals surface area contributed by atoms with Crippen molar-refractivity contribution in [3.8, 4) is 0 Å². The molecule has 0 saturated carbocycles. The average molecular weight is 1210 g/mol. The van der Waals surface area contributed by atoms with Gasteiger partial charge >= 0.3 is 45.4 Å². The van der Waals surface area contributed by atoms with E-state index in [2.05, 4.69) is 26.6 Å². The minimum absolute atomic E-state index is 0.0622. The Morgan fingerprint density at radius 2 is 0.906 bits per heavy atom. The molecule has 0 unspecified atom stereocenters. The van der Waals surface area contributed by atoms with E-state index in [0.717, 1.165) is 6.42 Å². The minimum atomic E-state index is -1.43. The molecule has 2 rings (SSSR count). The highest BCUT2D eigenvalue weighted by Crippen LogP contribution is 2.39. The number of ether oxygens (including phenoxy) is 3. The van der Waals surface area contributed by atoms with Crippen LogP contribution in [0.4, 0.5) is 4.79 Å². The molecule has 0 bridgehead atoms. The maximum atomic E-state index is 13.1. The Hall–Kier alpha value is -4.61. The molecule has 2 aliphatic heterocycles. The van der Waals surface area contributed by atoms with E-state index < -0.39 is 120 Å². The Morgan fingerprint density at radius 1 is 0.553 bits per heavy atom. The zero-order chi connectivity index (χ0) is 66.4. The number of amides is 5. The van der Waals surface area contributed by atoms with Crippen molar-refractivity contribution in [1.29, 1.82) is 0 Å². The average Bonchev–Trinajstić information content (AvgIpc) is 2.55. The number of aliphatic carboxylic acids is 1. The molecule has 0 aromatic rings. The number of rotatable bonds is 28. The first-order valence-electron chi connectivity index (χ1n) is 29.5. The predicted molar refractivity (Wildman–Crippen MR) is 325 cm³/mol. The fourth-order valence-corrected chi connectivity index (χ4v) is 8.47. The van der Waals surface area contributed by atoms with Gasteiger partial charge in [0.05, 0.1) is 28.4 Å². The number of nitrogens with two attached hydrogens (primary N) is 3. The number of hydrogen-bond donors (Lipinski definition) is 11. The minimum Gasteiger partial charge on any atom is -0.480 e. The van der Waals surface area contributed by atoms with Gasteiger partial charge < -0.3 is 91.8 Å². The Labute approximate surface area is 507 Å². The lowest BCUT2D eigenvalue weighted by atomic mass is 9.80. The van der Waals surface area contributed by atoms with Crippen LogP contribution in [0, 0.1) is 17.8 Å². The van der Waals surface area contributed by atoms with Gasteiger partial charge in [-0.1, -0.05) is 19.3 Å². The standard InChI is InChI=1S/C27H50BN3O8.C19H37BN2O5.C10H22BN3O5/c1-17(30-23(35)37-25(6,7)8)21(33)29-16-19(20(31-18(2)32)22(34)36-24(3,4)5)14-13-15-28-38-26(9,10)27(11,12)39-28;1-13(23)22-15(16(24)25-17(2,3)4)14(12-21)10-9-11-20-26-18(5,6)19(7,8)27-20;1-6(12)9(15)14-5-7(8(13)10(16)17)3-2-4-11(18)19/h17,19-20H,13-16H2,1-12H3,(H,29,33)(H,30,35)(H,31,32);14-15H,9-12,21H2,1-8H3,(H,22,23);6-8,18-19H,2-5,12-13H2,1H3,(H,14,15)(H,16,17)/t17-,19-,20-;14-,15-;6-,7-,8-/m000/s1. The number of carboxylic acids is 1. The van der Waals surface area contributed by atoms with Crippen molar-refractivity contribution in [3.63, 3.8) is 0 Å². The molecule has 2 fully saturated rings. The molecule has 5 amide bonds. The highest BCUT2D eigenvalue weighted by atomic mass is 16.7. The lowest BCUT2D eigenvalue weighted by Crippen LogP contribution is -2.53. The summed E-state index contributed by atoms with van der Waals surface area (Å²) in [6.45, 7) is 38.0. The third-order valence-electron chi connectivity index (χ3n) is 14.4. The number of carbonyl (C=O) groups is 8. The number of carboxylic acid groups (broad SMARTS) is 1. The molecule has 0 aromatic carbocycles. The second-order valence-electron chi connectivity index (χ2n) is 27.1. The van der Waals surface area contributed by atoms with Crippen molar-refractivity contribution in [1.82, 2.24) is 26.6 Å². The van der Waals surface area contributed by atoms with Gasteiger partial charge in [0.25, 0.3) is 0 Å². The van der Waals surface area contributed by atoms with E-state index in [4.69, 9.17) is 65.2 Å². The second-order valence-corrected chi connectivity index (χ2v) is 27.1. The Kier molecular flexibility index (Phi) is 32.9. The maximum absolute atomic E-state index is 13.1. The van der Waals surface area contributed by atoms with Crippen LogP contribution in [0.15, 0.2) is 0 Å². The first kappa shape index (κ1) is 80.4. The van der Waals surface area contributed by atoms with Crippen LogP contribution in [-0.2, 0) is 66.4 Å². The number of nitrogens with one attached hydrogen (secondary N) is 5. The van der Waals surface area contributed by atoms with Gasteiger partial charge in [0.15, 0.2) is 0 Å². The van der Waals surface area contributed by atoms with Crippen LogP contribution in [-0.4, -0.2) is 173 Å². The quantitative estimate of drug-likeness (QED) is 0.0304. The van der Waals surface area contributed by atoms with Gasteiger partial charge in [-0.05, 0) is 176 Å². The Balaban J connectivity index is 0.00000133. The molecule has 490 valence electrons. The highest BCUT2D eigenvalue weighted by molar-refractivity contribution is 6.45. The zero-order valence-corrected chi connectivity index (χ0v) is 55.0.